The Morgan fingerprint density at radius 3 is 2.83 bits per heavy atom. The number of ether oxygens (including phenoxy) is 1. The molecule has 1 aromatic heterocycles. The highest BCUT2D eigenvalue weighted by Crippen LogP contribution is 2.20. The summed E-state index contributed by atoms with van der Waals surface area (Å²) in [5.41, 5.74) is 0.853. The Hall–Kier alpha value is -2.24. The largest absolute Gasteiger partial charge is 0.467 e. The third-order valence-electron chi connectivity index (χ3n) is 2.57. The van der Waals surface area contributed by atoms with E-state index < -0.39 is 11.3 Å². The van der Waals surface area contributed by atoms with E-state index in [0.29, 0.717) is 16.8 Å². The summed E-state index contributed by atoms with van der Waals surface area (Å²) in [5, 5.41) is 3.02. The maximum Gasteiger partial charge on any atom is 0.417 e. The lowest BCUT2D eigenvalue weighted by Gasteiger charge is -2.24. The van der Waals surface area contributed by atoms with Gasteiger partial charge in [0.25, 0.3) is 0 Å². The molecular weight excluding hydrogens is 236 g/mol. The molecule has 0 unspecified atom stereocenters. The predicted octanol–water partition coefficient (Wildman–Crippen LogP) is 1.48. The number of carbonyl (C=O) groups excluding carboxylic acids is 1. The van der Waals surface area contributed by atoms with Crippen LogP contribution in [0.15, 0.2) is 27.4 Å². The van der Waals surface area contributed by atoms with Gasteiger partial charge in [0.15, 0.2) is 5.58 Å². The smallest absolute Gasteiger partial charge is 0.417 e. The fourth-order valence-electron chi connectivity index (χ4n) is 1.69. The van der Waals surface area contributed by atoms with Gasteiger partial charge in [0, 0.05) is 11.8 Å². The van der Waals surface area contributed by atoms with Gasteiger partial charge in [0.05, 0.1) is 12.6 Å². The predicted molar refractivity (Wildman–Crippen MR) is 66.6 cm³/mol. The lowest BCUT2D eigenvalue weighted by molar-refractivity contribution is -0.144. The molecule has 0 radical (unpaired) electrons. The highest BCUT2D eigenvalue weighted by Gasteiger charge is 2.28. The second-order valence-corrected chi connectivity index (χ2v) is 4.47. The Labute approximate surface area is 103 Å². The van der Waals surface area contributed by atoms with Crippen LogP contribution in [-0.4, -0.2) is 23.6 Å². The quantitative estimate of drug-likeness (QED) is 0.806. The van der Waals surface area contributed by atoms with Crippen LogP contribution in [0.3, 0.4) is 0 Å². The maximum absolute atomic E-state index is 11.5. The molecule has 1 heterocycles. The van der Waals surface area contributed by atoms with Crippen molar-refractivity contribution in [2.24, 2.45) is 0 Å². The summed E-state index contributed by atoms with van der Waals surface area (Å²) >= 11 is 0. The molecule has 0 aliphatic rings. The number of benzene rings is 1. The molecular formula is C12H14N2O4. The van der Waals surface area contributed by atoms with E-state index in [1.54, 1.807) is 32.0 Å². The number of hydrogen-bond acceptors (Lipinski definition) is 5. The van der Waals surface area contributed by atoms with Crippen molar-refractivity contribution < 1.29 is 13.9 Å². The van der Waals surface area contributed by atoms with E-state index in [0.717, 1.165) is 0 Å². The van der Waals surface area contributed by atoms with Gasteiger partial charge in [-0.25, -0.2) is 9.59 Å². The second kappa shape index (κ2) is 4.21. The van der Waals surface area contributed by atoms with Crippen molar-refractivity contribution in [3.63, 3.8) is 0 Å². The Bertz CT molecular complexity index is 639. The third kappa shape index (κ3) is 2.22. The summed E-state index contributed by atoms with van der Waals surface area (Å²) in [6.07, 6.45) is 0. The molecule has 6 nitrogen and oxygen atoms in total. The van der Waals surface area contributed by atoms with Gasteiger partial charge in [-0.05, 0) is 26.0 Å². The Morgan fingerprint density at radius 2 is 2.17 bits per heavy atom. The summed E-state index contributed by atoms with van der Waals surface area (Å²) < 4.78 is 9.64. The first-order valence-corrected chi connectivity index (χ1v) is 5.42. The SMILES string of the molecule is COC(=O)C(C)(C)Nc1ccc2[nH]c(=O)oc2c1. The van der Waals surface area contributed by atoms with Gasteiger partial charge < -0.3 is 14.5 Å². The molecule has 0 bridgehead atoms. The molecule has 96 valence electrons. The topological polar surface area (TPSA) is 84.3 Å². The summed E-state index contributed by atoms with van der Waals surface area (Å²) in [6, 6.07) is 5.10. The van der Waals surface area contributed by atoms with E-state index in [1.807, 2.05) is 0 Å². The first-order chi connectivity index (χ1) is 8.42. The van der Waals surface area contributed by atoms with Gasteiger partial charge in [-0.2, -0.15) is 0 Å². The molecule has 0 spiro atoms. The maximum atomic E-state index is 11.5. The number of aromatic amines is 1. The number of H-pyrrole nitrogens is 1. The van der Waals surface area contributed by atoms with Crippen LogP contribution in [-0.2, 0) is 9.53 Å². The lowest BCUT2D eigenvalue weighted by atomic mass is 10.1. The molecule has 0 atom stereocenters. The van der Waals surface area contributed by atoms with Crippen LogP contribution in [0.25, 0.3) is 11.1 Å². The molecule has 18 heavy (non-hydrogen) atoms. The van der Waals surface area contributed by atoms with Crippen LogP contribution in [0.4, 0.5) is 5.69 Å². The van der Waals surface area contributed by atoms with Crippen LogP contribution in [0.1, 0.15) is 13.8 Å². The first-order valence-electron chi connectivity index (χ1n) is 5.42. The van der Waals surface area contributed by atoms with Gasteiger partial charge >= 0.3 is 11.7 Å². The van der Waals surface area contributed by atoms with Crippen LogP contribution >= 0.6 is 0 Å². The molecule has 0 saturated heterocycles. The van der Waals surface area contributed by atoms with Crippen LogP contribution < -0.4 is 11.1 Å². The van der Waals surface area contributed by atoms with E-state index in [2.05, 4.69) is 10.3 Å². The fourth-order valence-corrected chi connectivity index (χ4v) is 1.69. The number of hydrogen-bond donors (Lipinski definition) is 2. The minimum atomic E-state index is -0.862. The van der Waals surface area contributed by atoms with Crippen molar-refractivity contribution in [3.8, 4) is 0 Å². The fraction of sp³-hybridized carbons (Fsp3) is 0.333. The molecule has 6 heteroatoms. The molecule has 2 rings (SSSR count). The van der Waals surface area contributed by atoms with E-state index in [-0.39, 0.29) is 5.97 Å². The zero-order valence-electron chi connectivity index (χ0n) is 10.4. The van der Waals surface area contributed by atoms with Gasteiger partial charge in [-0.1, -0.05) is 0 Å². The van der Waals surface area contributed by atoms with Crippen molar-refractivity contribution in [1.82, 2.24) is 4.98 Å². The minimum Gasteiger partial charge on any atom is -0.467 e. The summed E-state index contributed by atoms with van der Waals surface area (Å²) in [7, 11) is 1.33. The summed E-state index contributed by atoms with van der Waals surface area (Å²) in [5.74, 6) is -0.882. The number of esters is 1. The number of methoxy groups -OCH3 is 1. The zero-order valence-corrected chi connectivity index (χ0v) is 10.4. The van der Waals surface area contributed by atoms with Crippen LogP contribution in [0, 0.1) is 0 Å². The van der Waals surface area contributed by atoms with E-state index in [1.165, 1.54) is 7.11 Å². The van der Waals surface area contributed by atoms with E-state index in [9.17, 15) is 9.59 Å². The molecule has 0 saturated carbocycles. The first kappa shape index (κ1) is 12.2. The number of carbonyl (C=O) groups is 1. The monoisotopic (exact) mass is 250 g/mol. The Kier molecular flexibility index (Phi) is 2.86. The number of anilines is 1. The van der Waals surface area contributed by atoms with Gasteiger partial charge in [-0.3, -0.25) is 4.98 Å². The average molecular weight is 250 g/mol. The normalized spacial score (nSPS) is 11.5. The van der Waals surface area contributed by atoms with E-state index >= 15 is 0 Å². The highest BCUT2D eigenvalue weighted by atomic mass is 16.5. The standard InChI is InChI=1S/C12H14N2O4/c1-12(2,10(15)17-3)14-7-4-5-8-9(6-7)18-11(16)13-8/h4-6,14H,1-3H3,(H,13,16). The molecule has 0 aliphatic heterocycles. The number of aromatic nitrogens is 1. The van der Waals surface area contributed by atoms with Gasteiger partial charge in [-0.15, -0.1) is 0 Å². The Balaban J connectivity index is 2.32. The molecule has 2 N–H and O–H groups in total. The average Bonchev–Trinajstić information content (AvgIpc) is 2.66. The van der Waals surface area contributed by atoms with Gasteiger partial charge in [0.1, 0.15) is 5.54 Å². The summed E-state index contributed by atoms with van der Waals surface area (Å²) in [4.78, 5) is 25.1. The van der Waals surface area contributed by atoms with Crippen LogP contribution in [0.5, 0.6) is 0 Å². The van der Waals surface area contributed by atoms with Crippen molar-refractivity contribution in [1.29, 1.82) is 0 Å². The number of rotatable bonds is 3. The van der Waals surface area contributed by atoms with Crippen molar-refractivity contribution >= 4 is 22.8 Å². The molecule has 1 aromatic carbocycles. The lowest BCUT2D eigenvalue weighted by Crippen LogP contribution is -2.41. The number of nitrogens with one attached hydrogen (secondary N) is 2. The highest BCUT2D eigenvalue weighted by molar-refractivity contribution is 5.85. The van der Waals surface area contributed by atoms with Crippen molar-refractivity contribution in [2.75, 3.05) is 12.4 Å². The third-order valence-corrected chi connectivity index (χ3v) is 2.57. The zero-order chi connectivity index (χ0) is 13.3. The van der Waals surface area contributed by atoms with Crippen molar-refractivity contribution in [3.05, 3.63) is 28.7 Å². The molecule has 0 amide bonds. The van der Waals surface area contributed by atoms with Crippen LogP contribution in [0.2, 0.25) is 0 Å². The van der Waals surface area contributed by atoms with Gasteiger partial charge in [0.2, 0.25) is 0 Å². The molecule has 0 aliphatic carbocycles. The number of fused-ring (bicyclic) bond motifs is 1. The number of oxazole rings is 1. The molecule has 2 aromatic rings. The Morgan fingerprint density at radius 1 is 1.44 bits per heavy atom. The van der Waals surface area contributed by atoms with Crippen molar-refractivity contribution in [2.45, 2.75) is 19.4 Å². The minimum absolute atomic E-state index is 0.377. The molecule has 0 fully saturated rings. The summed E-state index contributed by atoms with van der Waals surface area (Å²) in [6.45, 7) is 3.41. The second-order valence-electron chi connectivity index (χ2n) is 4.47. The van der Waals surface area contributed by atoms with E-state index in [4.69, 9.17) is 9.15 Å².